The molecular formula is C29H25F2N9O3S. The quantitative estimate of drug-likeness (QED) is 0.181. The number of carbonyl (C=O) groups is 1. The average Bonchev–Trinajstić information content (AvgIpc) is 3.61. The number of imidazole rings is 1. The first-order valence-corrected chi connectivity index (χ1v) is 15.4. The molecule has 0 fully saturated rings. The van der Waals surface area contributed by atoms with E-state index < -0.39 is 21.7 Å². The molecule has 0 radical (unpaired) electrons. The normalized spacial score (nSPS) is 11.8. The minimum atomic E-state index is -3.49. The number of anilines is 1. The van der Waals surface area contributed by atoms with E-state index in [1.807, 2.05) is 6.92 Å². The molecule has 6 aromatic rings. The topological polar surface area (TPSA) is 171 Å². The van der Waals surface area contributed by atoms with E-state index in [0.29, 0.717) is 51.9 Å². The monoisotopic (exact) mass is 617 g/mol. The van der Waals surface area contributed by atoms with E-state index >= 15 is 4.39 Å². The van der Waals surface area contributed by atoms with Crippen molar-refractivity contribution in [2.75, 3.05) is 11.6 Å². The van der Waals surface area contributed by atoms with E-state index in [4.69, 9.17) is 0 Å². The Hall–Kier alpha value is -5.15. The number of hydrogen-bond donors (Lipinski definition) is 4. The van der Waals surface area contributed by atoms with Gasteiger partial charge >= 0.3 is 0 Å². The lowest BCUT2D eigenvalue weighted by Gasteiger charge is -2.08. The highest BCUT2D eigenvalue weighted by Gasteiger charge is 2.22. The maximum atomic E-state index is 16.1. The van der Waals surface area contributed by atoms with Crippen molar-refractivity contribution in [1.29, 1.82) is 0 Å². The summed E-state index contributed by atoms with van der Waals surface area (Å²) < 4.78 is 56.1. The molecular weight excluding hydrogens is 592 g/mol. The predicted molar refractivity (Wildman–Crippen MR) is 161 cm³/mol. The van der Waals surface area contributed by atoms with Crippen LogP contribution in [0, 0.1) is 11.6 Å². The number of benzene rings is 1. The van der Waals surface area contributed by atoms with Crippen LogP contribution in [0.25, 0.3) is 56.0 Å². The van der Waals surface area contributed by atoms with Crippen molar-refractivity contribution in [3.63, 3.8) is 0 Å². The largest absolute Gasteiger partial charge is 0.337 e. The Kier molecular flexibility index (Phi) is 7.57. The zero-order chi connectivity index (χ0) is 31.0. The molecule has 5 heterocycles. The van der Waals surface area contributed by atoms with Gasteiger partial charge in [-0.2, -0.15) is 5.10 Å². The molecule has 0 atom stereocenters. The number of aromatic amines is 2. The number of H-pyrrole nitrogens is 2. The van der Waals surface area contributed by atoms with Crippen LogP contribution in [-0.4, -0.2) is 55.7 Å². The van der Waals surface area contributed by atoms with Gasteiger partial charge in [0.2, 0.25) is 15.9 Å². The number of hydrogen-bond acceptors (Lipinski definition) is 8. The highest BCUT2D eigenvalue weighted by Crippen LogP contribution is 2.34. The molecule has 0 unspecified atom stereocenters. The number of sulfonamides is 1. The molecule has 0 aliphatic carbocycles. The summed E-state index contributed by atoms with van der Waals surface area (Å²) in [4.78, 5) is 32.7. The van der Waals surface area contributed by atoms with Crippen LogP contribution in [-0.2, 0) is 21.4 Å². The van der Waals surface area contributed by atoms with E-state index in [2.05, 4.69) is 45.2 Å². The van der Waals surface area contributed by atoms with Crippen LogP contribution in [0.3, 0.4) is 0 Å². The SMILES string of the molecule is CCCC(=O)Nc1cncc(-c2cnc3n[nH]c(-c4nc5c(-c6cc(F)cc(CNS(C)(=O)=O)c6)nccc5[nH]4)c3c2F)c1. The molecule has 0 spiro atoms. The zero-order valence-corrected chi connectivity index (χ0v) is 24.3. The molecule has 44 heavy (non-hydrogen) atoms. The Morgan fingerprint density at radius 2 is 1.89 bits per heavy atom. The Bertz CT molecular complexity index is 2160. The molecule has 15 heteroatoms. The molecule has 0 aliphatic rings. The Labute approximate surface area is 249 Å². The van der Waals surface area contributed by atoms with Gasteiger partial charge in [-0.05, 0) is 42.3 Å². The van der Waals surface area contributed by atoms with Crippen molar-refractivity contribution in [2.24, 2.45) is 0 Å². The molecule has 6 rings (SSSR count). The van der Waals surface area contributed by atoms with E-state index in [1.54, 1.807) is 18.2 Å². The van der Waals surface area contributed by atoms with Gasteiger partial charge in [-0.15, -0.1) is 0 Å². The van der Waals surface area contributed by atoms with Gasteiger partial charge < -0.3 is 10.3 Å². The minimum absolute atomic E-state index is 0.0800. The predicted octanol–water partition coefficient (Wildman–Crippen LogP) is 4.69. The Morgan fingerprint density at radius 3 is 2.68 bits per heavy atom. The fraction of sp³-hybridized carbons (Fsp3) is 0.172. The van der Waals surface area contributed by atoms with Gasteiger partial charge in [0.1, 0.15) is 22.8 Å². The fourth-order valence-corrected chi connectivity index (χ4v) is 5.23. The third-order valence-electron chi connectivity index (χ3n) is 6.74. The summed E-state index contributed by atoms with van der Waals surface area (Å²) in [5.74, 6) is -1.13. The molecule has 4 N–H and O–H groups in total. The van der Waals surface area contributed by atoms with Crippen molar-refractivity contribution in [2.45, 2.75) is 26.3 Å². The third kappa shape index (κ3) is 5.87. The van der Waals surface area contributed by atoms with Crippen LogP contribution in [0.4, 0.5) is 14.5 Å². The molecule has 0 saturated heterocycles. The summed E-state index contributed by atoms with van der Waals surface area (Å²) in [5, 5.41) is 9.80. The summed E-state index contributed by atoms with van der Waals surface area (Å²) in [6.07, 6.45) is 7.86. The zero-order valence-electron chi connectivity index (χ0n) is 23.4. The van der Waals surface area contributed by atoms with Crippen molar-refractivity contribution >= 4 is 43.7 Å². The lowest BCUT2D eigenvalue weighted by molar-refractivity contribution is -0.116. The number of pyridine rings is 3. The number of carbonyl (C=O) groups excluding carboxylic acids is 1. The Morgan fingerprint density at radius 1 is 1.05 bits per heavy atom. The second-order valence-corrected chi connectivity index (χ2v) is 12.0. The van der Waals surface area contributed by atoms with Gasteiger partial charge in [-0.25, -0.2) is 31.9 Å². The maximum absolute atomic E-state index is 16.1. The Balaban J connectivity index is 1.40. The lowest BCUT2D eigenvalue weighted by Crippen LogP contribution is -2.21. The van der Waals surface area contributed by atoms with Gasteiger partial charge in [-0.1, -0.05) is 6.92 Å². The summed E-state index contributed by atoms with van der Waals surface area (Å²) in [7, 11) is -3.49. The molecule has 0 aliphatic heterocycles. The van der Waals surface area contributed by atoms with Crippen LogP contribution < -0.4 is 10.0 Å². The molecule has 224 valence electrons. The van der Waals surface area contributed by atoms with E-state index in [9.17, 15) is 17.6 Å². The van der Waals surface area contributed by atoms with Crippen LogP contribution in [0.1, 0.15) is 25.3 Å². The molecule has 5 aromatic heterocycles. The molecule has 1 amide bonds. The van der Waals surface area contributed by atoms with E-state index in [0.717, 1.165) is 6.26 Å². The third-order valence-corrected chi connectivity index (χ3v) is 7.41. The minimum Gasteiger partial charge on any atom is -0.337 e. The number of amides is 1. The number of aromatic nitrogens is 7. The first-order chi connectivity index (χ1) is 21.1. The van der Waals surface area contributed by atoms with E-state index in [1.165, 1.54) is 36.9 Å². The number of halogens is 2. The number of fused-ring (bicyclic) bond motifs is 2. The van der Waals surface area contributed by atoms with Crippen LogP contribution in [0.5, 0.6) is 0 Å². The van der Waals surface area contributed by atoms with Crippen molar-refractivity contribution < 1.29 is 22.0 Å². The summed E-state index contributed by atoms with van der Waals surface area (Å²) in [6.45, 7) is 1.79. The van der Waals surface area contributed by atoms with Gasteiger partial charge in [0.15, 0.2) is 11.5 Å². The number of nitrogens with one attached hydrogen (secondary N) is 4. The van der Waals surface area contributed by atoms with Gasteiger partial charge in [0.05, 0.1) is 34.7 Å². The van der Waals surface area contributed by atoms with Crippen LogP contribution in [0.15, 0.2) is 55.1 Å². The summed E-state index contributed by atoms with van der Waals surface area (Å²) in [5.41, 5.74) is 3.35. The van der Waals surface area contributed by atoms with Crippen molar-refractivity contribution in [3.05, 3.63) is 72.3 Å². The highest BCUT2D eigenvalue weighted by molar-refractivity contribution is 7.88. The average molecular weight is 618 g/mol. The standard InChI is InChI=1S/C29H25F2N9O3S/c1-3-4-22(41)36-19-10-17(12-32-13-19)20-14-34-28-23(24(20)31)27(39-40-28)29-37-21-5-6-33-25(26(21)38-29)16-7-15(8-18(30)9-16)11-35-44(2,42)43/h5-10,12-14,35H,3-4,11H2,1-2H3,(H,36,41)(H,37,38)(H,34,39,40). The number of nitrogens with zero attached hydrogens (tertiary/aromatic N) is 5. The maximum Gasteiger partial charge on any atom is 0.224 e. The summed E-state index contributed by atoms with van der Waals surface area (Å²) >= 11 is 0. The number of rotatable bonds is 9. The van der Waals surface area contributed by atoms with Gasteiger partial charge in [0, 0.05) is 48.2 Å². The molecule has 0 saturated carbocycles. The van der Waals surface area contributed by atoms with Crippen molar-refractivity contribution in [1.82, 2.24) is 39.8 Å². The second kappa shape index (κ2) is 11.5. The smallest absolute Gasteiger partial charge is 0.224 e. The highest BCUT2D eigenvalue weighted by atomic mass is 32.2. The molecule has 0 bridgehead atoms. The fourth-order valence-electron chi connectivity index (χ4n) is 4.80. The van der Waals surface area contributed by atoms with Crippen LogP contribution in [0.2, 0.25) is 0 Å². The van der Waals surface area contributed by atoms with Crippen molar-refractivity contribution in [3.8, 4) is 33.9 Å². The van der Waals surface area contributed by atoms with E-state index in [-0.39, 0.29) is 40.6 Å². The summed E-state index contributed by atoms with van der Waals surface area (Å²) in [6, 6.07) is 7.40. The lowest BCUT2D eigenvalue weighted by atomic mass is 10.1. The van der Waals surface area contributed by atoms with Gasteiger partial charge in [0.25, 0.3) is 0 Å². The molecule has 1 aromatic carbocycles. The molecule has 12 nitrogen and oxygen atoms in total. The van der Waals surface area contributed by atoms with Crippen LogP contribution >= 0.6 is 0 Å². The first-order valence-electron chi connectivity index (χ1n) is 13.5. The second-order valence-electron chi connectivity index (χ2n) is 10.1. The van der Waals surface area contributed by atoms with Gasteiger partial charge in [-0.3, -0.25) is 19.9 Å². The first kappa shape index (κ1) is 28.9.